The second kappa shape index (κ2) is 8.63. The number of likely N-dealkylation sites (tertiary alicyclic amines) is 1. The summed E-state index contributed by atoms with van der Waals surface area (Å²) in [6.07, 6.45) is 5.50. The van der Waals surface area contributed by atoms with Gasteiger partial charge in [-0.1, -0.05) is 20.3 Å². The molecule has 20 heavy (non-hydrogen) atoms. The molecular formula is C16H33N3O. The van der Waals surface area contributed by atoms with Crippen molar-refractivity contribution in [2.45, 2.75) is 65.0 Å². The van der Waals surface area contributed by atoms with Gasteiger partial charge < -0.3 is 10.6 Å². The molecule has 4 heteroatoms. The maximum absolute atomic E-state index is 12.4. The summed E-state index contributed by atoms with van der Waals surface area (Å²) in [4.78, 5) is 16.8. The van der Waals surface area contributed by atoms with Crippen LogP contribution in [0.4, 0.5) is 0 Å². The summed E-state index contributed by atoms with van der Waals surface area (Å²) < 4.78 is 0. The third-order valence-corrected chi connectivity index (χ3v) is 4.48. The molecule has 3 atom stereocenters. The molecule has 0 spiro atoms. The van der Waals surface area contributed by atoms with Crippen LogP contribution in [-0.4, -0.2) is 54.5 Å². The number of rotatable bonds is 8. The normalized spacial score (nSPS) is 22.8. The molecule has 0 saturated carbocycles. The minimum atomic E-state index is 0.121. The zero-order valence-corrected chi connectivity index (χ0v) is 13.8. The Morgan fingerprint density at radius 3 is 2.70 bits per heavy atom. The summed E-state index contributed by atoms with van der Waals surface area (Å²) in [5.74, 6) is 0.410. The molecule has 1 fully saturated rings. The lowest BCUT2D eigenvalue weighted by atomic mass is 10.0. The predicted octanol–water partition coefficient (Wildman–Crippen LogP) is 2.08. The number of carbonyl (C=O) groups is 1. The second-order valence-electron chi connectivity index (χ2n) is 6.45. The Morgan fingerprint density at radius 1 is 1.40 bits per heavy atom. The first-order chi connectivity index (χ1) is 9.45. The van der Waals surface area contributed by atoms with Crippen molar-refractivity contribution in [3.63, 3.8) is 0 Å². The van der Waals surface area contributed by atoms with E-state index in [0.717, 1.165) is 32.4 Å². The topological polar surface area (TPSA) is 49.6 Å². The average molecular weight is 283 g/mol. The third-order valence-electron chi connectivity index (χ3n) is 4.48. The van der Waals surface area contributed by atoms with E-state index >= 15 is 0 Å². The van der Waals surface area contributed by atoms with Gasteiger partial charge in [-0.15, -0.1) is 0 Å². The molecule has 1 amide bonds. The van der Waals surface area contributed by atoms with Gasteiger partial charge in [0, 0.05) is 31.6 Å². The van der Waals surface area contributed by atoms with Crippen molar-refractivity contribution >= 4 is 5.91 Å². The minimum Gasteiger partial charge on any atom is -0.344 e. The first-order valence-electron chi connectivity index (χ1n) is 8.20. The summed E-state index contributed by atoms with van der Waals surface area (Å²) in [5.41, 5.74) is 5.75. The van der Waals surface area contributed by atoms with Crippen LogP contribution in [0, 0.1) is 5.92 Å². The Morgan fingerprint density at radius 2 is 2.10 bits per heavy atom. The fourth-order valence-corrected chi connectivity index (χ4v) is 3.17. The van der Waals surface area contributed by atoms with Gasteiger partial charge in [-0.2, -0.15) is 0 Å². The molecule has 0 aliphatic carbocycles. The summed E-state index contributed by atoms with van der Waals surface area (Å²) in [6.45, 7) is 9.44. The maximum atomic E-state index is 12.4. The van der Waals surface area contributed by atoms with Gasteiger partial charge in [0.1, 0.15) is 0 Å². The molecular weight excluding hydrogens is 250 g/mol. The van der Waals surface area contributed by atoms with Crippen LogP contribution in [0.2, 0.25) is 0 Å². The van der Waals surface area contributed by atoms with E-state index in [1.54, 1.807) is 0 Å². The molecule has 0 aromatic heterocycles. The first kappa shape index (κ1) is 17.4. The fraction of sp³-hybridized carbons (Fsp3) is 0.938. The predicted molar refractivity (Wildman–Crippen MR) is 84.6 cm³/mol. The van der Waals surface area contributed by atoms with Crippen molar-refractivity contribution in [2.75, 3.05) is 26.7 Å². The molecule has 2 N–H and O–H groups in total. The van der Waals surface area contributed by atoms with E-state index in [0.29, 0.717) is 6.04 Å². The van der Waals surface area contributed by atoms with Gasteiger partial charge in [-0.3, -0.25) is 9.69 Å². The van der Waals surface area contributed by atoms with Crippen molar-refractivity contribution in [2.24, 2.45) is 11.7 Å². The Kier molecular flexibility index (Phi) is 7.52. The van der Waals surface area contributed by atoms with Crippen LogP contribution < -0.4 is 5.73 Å². The van der Waals surface area contributed by atoms with Crippen LogP contribution in [0.3, 0.4) is 0 Å². The quantitative estimate of drug-likeness (QED) is 0.742. The van der Waals surface area contributed by atoms with Gasteiger partial charge >= 0.3 is 0 Å². The third kappa shape index (κ3) is 5.41. The van der Waals surface area contributed by atoms with E-state index in [-0.39, 0.29) is 17.9 Å². The lowest BCUT2D eigenvalue weighted by Gasteiger charge is -2.29. The van der Waals surface area contributed by atoms with E-state index in [4.69, 9.17) is 5.73 Å². The number of hydrogen-bond acceptors (Lipinski definition) is 3. The van der Waals surface area contributed by atoms with Gasteiger partial charge in [0.05, 0.1) is 0 Å². The summed E-state index contributed by atoms with van der Waals surface area (Å²) in [7, 11) is 1.95. The highest BCUT2D eigenvalue weighted by molar-refractivity contribution is 5.78. The zero-order valence-electron chi connectivity index (χ0n) is 13.8. The van der Waals surface area contributed by atoms with Crippen molar-refractivity contribution in [3.8, 4) is 0 Å². The SMILES string of the molecule is CCN1CCCC1CN(C)C(=O)C(C)CCCC(C)N. The Labute approximate surface area is 124 Å². The number of amides is 1. The van der Waals surface area contributed by atoms with E-state index in [2.05, 4.69) is 11.8 Å². The van der Waals surface area contributed by atoms with Crippen LogP contribution in [0.25, 0.3) is 0 Å². The van der Waals surface area contributed by atoms with E-state index in [9.17, 15) is 4.79 Å². The van der Waals surface area contributed by atoms with E-state index in [1.165, 1.54) is 19.4 Å². The Bertz CT molecular complexity index is 293. The molecule has 1 heterocycles. The smallest absolute Gasteiger partial charge is 0.225 e. The van der Waals surface area contributed by atoms with Gasteiger partial charge in [0.25, 0.3) is 0 Å². The summed E-state index contributed by atoms with van der Waals surface area (Å²) >= 11 is 0. The Hall–Kier alpha value is -0.610. The van der Waals surface area contributed by atoms with Crippen LogP contribution in [-0.2, 0) is 4.79 Å². The molecule has 3 unspecified atom stereocenters. The molecule has 0 aromatic rings. The highest BCUT2D eigenvalue weighted by atomic mass is 16.2. The molecule has 1 aliphatic rings. The number of nitrogens with two attached hydrogens (primary N) is 1. The molecule has 0 aromatic carbocycles. The van der Waals surface area contributed by atoms with Crippen LogP contribution >= 0.6 is 0 Å². The highest BCUT2D eigenvalue weighted by Gasteiger charge is 2.26. The molecule has 1 aliphatic heterocycles. The van der Waals surface area contributed by atoms with E-state index in [1.807, 2.05) is 25.8 Å². The van der Waals surface area contributed by atoms with Crippen molar-refractivity contribution in [1.82, 2.24) is 9.80 Å². The molecule has 118 valence electrons. The maximum Gasteiger partial charge on any atom is 0.225 e. The zero-order chi connectivity index (χ0) is 15.1. The number of likely N-dealkylation sites (N-methyl/N-ethyl adjacent to an activating group) is 2. The molecule has 0 radical (unpaired) electrons. The second-order valence-corrected chi connectivity index (χ2v) is 6.45. The monoisotopic (exact) mass is 283 g/mol. The minimum absolute atomic E-state index is 0.121. The lowest BCUT2D eigenvalue weighted by molar-refractivity contribution is -0.134. The van der Waals surface area contributed by atoms with E-state index < -0.39 is 0 Å². The average Bonchev–Trinajstić information content (AvgIpc) is 2.84. The summed E-state index contributed by atoms with van der Waals surface area (Å²) in [6, 6.07) is 0.803. The van der Waals surface area contributed by atoms with Crippen molar-refractivity contribution < 1.29 is 4.79 Å². The molecule has 1 rings (SSSR count). The van der Waals surface area contributed by atoms with Gasteiger partial charge in [0.15, 0.2) is 0 Å². The Balaban J connectivity index is 2.34. The largest absolute Gasteiger partial charge is 0.344 e. The molecule has 1 saturated heterocycles. The van der Waals surface area contributed by atoms with Crippen molar-refractivity contribution in [3.05, 3.63) is 0 Å². The molecule has 0 bridgehead atoms. The number of hydrogen-bond donors (Lipinski definition) is 1. The fourth-order valence-electron chi connectivity index (χ4n) is 3.17. The van der Waals surface area contributed by atoms with Crippen molar-refractivity contribution in [1.29, 1.82) is 0 Å². The summed E-state index contributed by atoms with van der Waals surface area (Å²) in [5, 5.41) is 0. The standard InChI is InChI=1S/C16H33N3O/c1-5-19-11-7-10-15(19)12-18(4)16(20)13(2)8-6-9-14(3)17/h13-15H,5-12,17H2,1-4H3. The first-order valence-corrected chi connectivity index (χ1v) is 8.20. The van der Waals surface area contributed by atoms with Crippen LogP contribution in [0.1, 0.15) is 52.9 Å². The lowest BCUT2D eigenvalue weighted by Crippen LogP contribution is -2.42. The number of nitrogens with zero attached hydrogens (tertiary/aromatic N) is 2. The van der Waals surface area contributed by atoms with Crippen LogP contribution in [0.5, 0.6) is 0 Å². The van der Waals surface area contributed by atoms with Gasteiger partial charge in [-0.25, -0.2) is 0 Å². The van der Waals surface area contributed by atoms with Crippen LogP contribution in [0.15, 0.2) is 0 Å². The highest BCUT2D eigenvalue weighted by Crippen LogP contribution is 2.19. The van der Waals surface area contributed by atoms with Gasteiger partial charge in [0.2, 0.25) is 5.91 Å². The molecule has 4 nitrogen and oxygen atoms in total. The number of carbonyl (C=O) groups excluding carboxylic acids is 1. The van der Waals surface area contributed by atoms with Gasteiger partial charge in [-0.05, 0) is 45.7 Å².